The third-order valence-corrected chi connectivity index (χ3v) is 3.17. The van der Waals surface area contributed by atoms with Crippen LogP contribution < -0.4 is 5.32 Å². The second-order valence-corrected chi connectivity index (χ2v) is 5.73. The van der Waals surface area contributed by atoms with Gasteiger partial charge in [-0.05, 0) is 24.8 Å². The SMILES string of the molecule is Cc1ccc(C[C@H](NC(=O)[C@H](O)CC(C)C)C(=O)O)cc1. The van der Waals surface area contributed by atoms with Crippen LogP contribution in [-0.2, 0) is 16.0 Å². The van der Waals surface area contributed by atoms with Crippen molar-refractivity contribution in [2.45, 2.75) is 45.8 Å². The molecule has 0 aliphatic rings. The second kappa shape index (κ2) is 7.78. The first-order valence-electron chi connectivity index (χ1n) is 7.06. The minimum Gasteiger partial charge on any atom is -0.480 e. The molecule has 0 saturated carbocycles. The number of aryl methyl sites for hydroxylation is 1. The highest BCUT2D eigenvalue weighted by Crippen LogP contribution is 2.08. The molecule has 0 bridgehead atoms. The standard InChI is InChI=1S/C16H23NO4/c1-10(2)8-14(18)15(19)17-13(16(20)21)9-12-6-4-11(3)5-7-12/h4-7,10,13-14,18H,8-9H2,1-3H3,(H,17,19)(H,20,21)/t13-,14+/m0/s1. The lowest BCUT2D eigenvalue weighted by molar-refractivity contribution is -0.143. The maximum atomic E-state index is 11.8. The number of nitrogens with one attached hydrogen (secondary N) is 1. The molecular formula is C16H23NO4. The summed E-state index contributed by atoms with van der Waals surface area (Å²) < 4.78 is 0. The van der Waals surface area contributed by atoms with Gasteiger partial charge in [0.25, 0.3) is 0 Å². The fraction of sp³-hybridized carbons (Fsp3) is 0.500. The molecule has 2 atom stereocenters. The molecule has 0 aliphatic heterocycles. The number of aliphatic hydroxyl groups is 1. The first-order valence-corrected chi connectivity index (χ1v) is 7.06. The number of aliphatic carboxylic acids is 1. The molecule has 3 N–H and O–H groups in total. The smallest absolute Gasteiger partial charge is 0.326 e. The summed E-state index contributed by atoms with van der Waals surface area (Å²) in [5.41, 5.74) is 1.91. The number of benzene rings is 1. The molecule has 0 fully saturated rings. The summed E-state index contributed by atoms with van der Waals surface area (Å²) in [6.45, 7) is 5.72. The number of aliphatic hydroxyl groups excluding tert-OH is 1. The van der Waals surface area contributed by atoms with Crippen molar-refractivity contribution in [3.8, 4) is 0 Å². The van der Waals surface area contributed by atoms with Gasteiger partial charge in [0, 0.05) is 6.42 Å². The van der Waals surface area contributed by atoms with E-state index in [1.165, 1.54) is 0 Å². The predicted molar refractivity (Wildman–Crippen MR) is 79.9 cm³/mol. The lowest BCUT2D eigenvalue weighted by atomic mass is 10.0. The first kappa shape index (κ1) is 17.2. The predicted octanol–water partition coefficient (Wildman–Crippen LogP) is 1.51. The van der Waals surface area contributed by atoms with Gasteiger partial charge in [0.2, 0.25) is 5.91 Å². The van der Waals surface area contributed by atoms with Gasteiger partial charge in [0.05, 0.1) is 0 Å². The quantitative estimate of drug-likeness (QED) is 0.711. The lowest BCUT2D eigenvalue weighted by Gasteiger charge is -2.18. The van der Waals surface area contributed by atoms with E-state index in [2.05, 4.69) is 5.32 Å². The van der Waals surface area contributed by atoms with E-state index in [1.54, 1.807) is 0 Å². The Labute approximate surface area is 125 Å². The average molecular weight is 293 g/mol. The van der Waals surface area contributed by atoms with Crippen LogP contribution in [0, 0.1) is 12.8 Å². The Morgan fingerprint density at radius 2 is 1.76 bits per heavy atom. The van der Waals surface area contributed by atoms with Crippen LogP contribution in [0.1, 0.15) is 31.4 Å². The lowest BCUT2D eigenvalue weighted by Crippen LogP contribution is -2.46. The summed E-state index contributed by atoms with van der Waals surface area (Å²) in [5, 5.41) is 21.3. The molecule has 116 valence electrons. The minimum atomic E-state index is -1.18. The van der Waals surface area contributed by atoms with Crippen LogP contribution in [-0.4, -0.2) is 34.2 Å². The van der Waals surface area contributed by atoms with E-state index in [0.717, 1.165) is 11.1 Å². The molecular weight excluding hydrogens is 270 g/mol. The van der Waals surface area contributed by atoms with Crippen molar-refractivity contribution in [3.05, 3.63) is 35.4 Å². The molecule has 0 unspecified atom stereocenters. The fourth-order valence-electron chi connectivity index (χ4n) is 1.98. The number of amides is 1. The van der Waals surface area contributed by atoms with E-state index in [-0.39, 0.29) is 12.3 Å². The largest absolute Gasteiger partial charge is 0.480 e. The van der Waals surface area contributed by atoms with Gasteiger partial charge in [-0.3, -0.25) is 4.79 Å². The monoisotopic (exact) mass is 293 g/mol. The number of hydrogen-bond donors (Lipinski definition) is 3. The van der Waals surface area contributed by atoms with Gasteiger partial charge >= 0.3 is 5.97 Å². The van der Waals surface area contributed by atoms with Crippen LogP contribution in [0.3, 0.4) is 0 Å². The fourth-order valence-corrected chi connectivity index (χ4v) is 1.98. The van der Waals surface area contributed by atoms with Gasteiger partial charge in [-0.1, -0.05) is 43.7 Å². The van der Waals surface area contributed by atoms with E-state index in [4.69, 9.17) is 0 Å². The number of carbonyl (C=O) groups is 2. The van der Waals surface area contributed by atoms with E-state index in [9.17, 15) is 19.8 Å². The minimum absolute atomic E-state index is 0.158. The molecule has 1 amide bonds. The molecule has 0 spiro atoms. The molecule has 1 rings (SSSR count). The zero-order valence-electron chi connectivity index (χ0n) is 12.7. The van der Waals surface area contributed by atoms with Gasteiger partial charge in [0.1, 0.15) is 12.1 Å². The van der Waals surface area contributed by atoms with Crippen molar-refractivity contribution < 1.29 is 19.8 Å². The van der Waals surface area contributed by atoms with Gasteiger partial charge in [0.15, 0.2) is 0 Å². The van der Waals surface area contributed by atoms with Crippen LogP contribution >= 0.6 is 0 Å². The molecule has 21 heavy (non-hydrogen) atoms. The normalized spacial score (nSPS) is 13.8. The highest BCUT2D eigenvalue weighted by molar-refractivity contribution is 5.86. The summed E-state index contributed by atoms with van der Waals surface area (Å²) in [7, 11) is 0. The summed E-state index contributed by atoms with van der Waals surface area (Å²) in [4.78, 5) is 23.1. The van der Waals surface area contributed by atoms with Gasteiger partial charge in [-0.2, -0.15) is 0 Å². The molecule has 5 heteroatoms. The van der Waals surface area contributed by atoms with Crippen LogP contribution in [0.4, 0.5) is 0 Å². The Kier molecular flexibility index (Phi) is 6.37. The molecule has 1 aromatic carbocycles. The van der Waals surface area contributed by atoms with Crippen molar-refractivity contribution in [1.82, 2.24) is 5.32 Å². The maximum absolute atomic E-state index is 11.8. The summed E-state index contributed by atoms with van der Waals surface area (Å²) in [6, 6.07) is 6.42. The second-order valence-electron chi connectivity index (χ2n) is 5.73. The molecule has 0 aromatic heterocycles. The van der Waals surface area contributed by atoms with Gasteiger partial charge in [-0.25, -0.2) is 4.79 Å². The first-order chi connectivity index (χ1) is 9.79. The van der Waals surface area contributed by atoms with Crippen molar-refractivity contribution >= 4 is 11.9 Å². The van der Waals surface area contributed by atoms with Crippen LogP contribution in [0.25, 0.3) is 0 Å². The van der Waals surface area contributed by atoms with E-state index in [0.29, 0.717) is 6.42 Å². The number of hydrogen-bond acceptors (Lipinski definition) is 3. The average Bonchev–Trinajstić information content (AvgIpc) is 2.39. The van der Waals surface area contributed by atoms with Crippen molar-refractivity contribution in [3.63, 3.8) is 0 Å². The van der Waals surface area contributed by atoms with Gasteiger partial charge < -0.3 is 15.5 Å². The summed E-state index contributed by atoms with van der Waals surface area (Å²) >= 11 is 0. The molecule has 0 saturated heterocycles. The van der Waals surface area contributed by atoms with E-state index >= 15 is 0 Å². The zero-order chi connectivity index (χ0) is 16.0. The molecule has 0 aliphatic carbocycles. The third-order valence-electron chi connectivity index (χ3n) is 3.17. The molecule has 1 aromatic rings. The number of carboxylic acid groups (broad SMARTS) is 1. The van der Waals surface area contributed by atoms with Crippen molar-refractivity contribution in [2.24, 2.45) is 5.92 Å². The third kappa shape index (κ3) is 5.95. The van der Waals surface area contributed by atoms with Gasteiger partial charge in [-0.15, -0.1) is 0 Å². The summed E-state index contributed by atoms with van der Waals surface area (Å²) in [5.74, 6) is -1.59. The van der Waals surface area contributed by atoms with Crippen molar-refractivity contribution in [1.29, 1.82) is 0 Å². The number of carbonyl (C=O) groups excluding carboxylic acids is 1. The highest BCUT2D eigenvalue weighted by Gasteiger charge is 2.24. The van der Waals surface area contributed by atoms with E-state index in [1.807, 2.05) is 45.0 Å². The molecule has 5 nitrogen and oxygen atoms in total. The van der Waals surface area contributed by atoms with E-state index < -0.39 is 24.0 Å². The zero-order valence-corrected chi connectivity index (χ0v) is 12.7. The van der Waals surface area contributed by atoms with Crippen molar-refractivity contribution in [2.75, 3.05) is 0 Å². The topological polar surface area (TPSA) is 86.6 Å². The Morgan fingerprint density at radius 3 is 2.24 bits per heavy atom. The number of rotatable bonds is 7. The molecule has 0 heterocycles. The van der Waals surface area contributed by atoms with Crippen LogP contribution in [0.2, 0.25) is 0 Å². The van der Waals surface area contributed by atoms with Crippen LogP contribution in [0.5, 0.6) is 0 Å². The van der Waals surface area contributed by atoms with Crippen LogP contribution in [0.15, 0.2) is 24.3 Å². The summed E-state index contributed by atoms with van der Waals surface area (Å²) in [6.07, 6.45) is -0.678. The Bertz CT molecular complexity index is 482. The Morgan fingerprint density at radius 1 is 1.19 bits per heavy atom. The highest BCUT2D eigenvalue weighted by atomic mass is 16.4. The Hall–Kier alpha value is -1.88. The maximum Gasteiger partial charge on any atom is 0.326 e. The number of carboxylic acids is 1. The molecule has 0 radical (unpaired) electrons. The Balaban J connectivity index is 2.67.